The molecule has 0 heterocycles. The number of ketones is 1. The molecule has 0 saturated heterocycles. The Balaban J connectivity index is 1.56. The molecule has 5 rings (SSSR count). The highest BCUT2D eigenvalue weighted by molar-refractivity contribution is 6.01. The van der Waals surface area contributed by atoms with Gasteiger partial charge in [0.15, 0.2) is 18.1 Å². The number of ether oxygens (including phenoxy) is 3. The van der Waals surface area contributed by atoms with Crippen molar-refractivity contribution in [2.75, 3.05) is 6.61 Å². The number of rotatable bonds is 4. The van der Waals surface area contributed by atoms with Crippen LogP contribution in [0.5, 0.6) is 0 Å². The molecule has 0 amide bonds. The summed E-state index contributed by atoms with van der Waals surface area (Å²) in [5.41, 5.74) is -5.72. The fraction of sp³-hybridized carbons (Fsp3) is 0.742. The van der Waals surface area contributed by atoms with Gasteiger partial charge in [0.1, 0.15) is 12.2 Å². The Labute approximate surface area is 234 Å². The van der Waals surface area contributed by atoms with Crippen molar-refractivity contribution in [3.05, 3.63) is 23.8 Å². The van der Waals surface area contributed by atoms with E-state index in [4.69, 9.17) is 19.5 Å². The molecule has 9 atom stereocenters. The Bertz CT molecular complexity index is 1190. The number of carbonyl (C=O) groups excluding carboxylic acids is 3. The maximum absolute atomic E-state index is 17.6. The molecule has 8 nitrogen and oxygen atoms in total. The molecule has 0 aliphatic heterocycles. The van der Waals surface area contributed by atoms with Gasteiger partial charge in [-0.1, -0.05) is 38.8 Å². The van der Waals surface area contributed by atoms with Gasteiger partial charge in [0.25, 0.3) is 0 Å². The quantitative estimate of drug-likeness (QED) is 0.472. The van der Waals surface area contributed by atoms with E-state index in [1.54, 1.807) is 32.9 Å². The van der Waals surface area contributed by atoms with Crippen molar-refractivity contribution in [3.8, 4) is 6.07 Å². The number of carbonyl (C=O) groups is 3. The lowest BCUT2D eigenvalue weighted by Crippen LogP contribution is -2.70. The Kier molecular flexibility index (Phi) is 7.18. The number of halogens is 1. The van der Waals surface area contributed by atoms with Gasteiger partial charge >= 0.3 is 12.1 Å². The van der Waals surface area contributed by atoms with Gasteiger partial charge in [0.2, 0.25) is 5.60 Å². The number of aliphatic hydroxyl groups is 1. The van der Waals surface area contributed by atoms with E-state index in [-0.39, 0.29) is 24.2 Å². The van der Waals surface area contributed by atoms with Crippen molar-refractivity contribution in [1.82, 2.24) is 0 Å². The van der Waals surface area contributed by atoms with Crippen molar-refractivity contribution >= 4 is 17.9 Å². The number of esters is 1. The predicted molar refractivity (Wildman–Crippen MR) is 141 cm³/mol. The van der Waals surface area contributed by atoms with E-state index in [2.05, 4.69) is 0 Å². The molecule has 0 bridgehead atoms. The number of alkyl halides is 1. The van der Waals surface area contributed by atoms with E-state index < -0.39 is 64.7 Å². The van der Waals surface area contributed by atoms with Crippen LogP contribution in [0, 0.1) is 45.8 Å². The number of nitrogens with zero attached hydrogens (tertiary/aromatic N) is 1. The van der Waals surface area contributed by atoms with E-state index in [0.717, 1.165) is 19.3 Å². The summed E-state index contributed by atoms with van der Waals surface area (Å²) in [5, 5.41) is 20.8. The van der Waals surface area contributed by atoms with Crippen molar-refractivity contribution < 1.29 is 38.1 Å². The van der Waals surface area contributed by atoms with Gasteiger partial charge in [-0.3, -0.25) is 4.79 Å². The molecule has 0 radical (unpaired) electrons. The zero-order valence-corrected chi connectivity index (χ0v) is 23.8. The summed E-state index contributed by atoms with van der Waals surface area (Å²) in [7, 11) is 0. The van der Waals surface area contributed by atoms with Crippen molar-refractivity contribution in [3.63, 3.8) is 0 Å². The van der Waals surface area contributed by atoms with Crippen molar-refractivity contribution in [2.45, 2.75) is 103 Å². The van der Waals surface area contributed by atoms with E-state index in [1.807, 2.05) is 6.92 Å². The van der Waals surface area contributed by atoms with Crippen molar-refractivity contribution in [2.24, 2.45) is 34.5 Å². The zero-order chi connectivity index (χ0) is 29.1. The van der Waals surface area contributed by atoms with Gasteiger partial charge in [0.05, 0.1) is 6.10 Å². The van der Waals surface area contributed by atoms with Gasteiger partial charge < -0.3 is 19.3 Å². The van der Waals surface area contributed by atoms with Crippen LogP contribution in [0.15, 0.2) is 23.8 Å². The minimum absolute atomic E-state index is 0.143. The molecule has 218 valence electrons. The molecule has 4 saturated carbocycles. The average Bonchev–Trinajstić information content (AvgIpc) is 3.12. The summed E-state index contributed by atoms with van der Waals surface area (Å²) < 4.78 is 34.7. The Morgan fingerprint density at radius 1 is 1.15 bits per heavy atom. The lowest BCUT2D eigenvalue weighted by Gasteiger charge is -2.63. The first-order valence-corrected chi connectivity index (χ1v) is 14.6. The van der Waals surface area contributed by atoms with Crippen LogP contribution in [-0.4, -0.2) is 53.1 Å². The second-order valence-electron chi connectivity index (χ2n) is 13.1. The molecule has 4 fully saturated rings. The minimum atomic E-state index is -2.11. The first-order valence-electron chi connectivity index (χ1n) is 14.6. The van der Waals surface area contributed by atoms with Gasteiger partial charge in [-0.2, -0.15) is 5.26 Å². The fourth-order valence-corrected chi connectivity index (χ4v) is 9.29. The fourth-order valence-electron chi connectivity index (χ4n) is 9.29. The van der Waals surface area contributed by atoms with E-state index in [1.165, 1.54) is 12.2 Å². The largest absolute Gasteiger partial charge is 0.509 e. The molecule has 9 heteroatoms. The lowest BCUT2D eigenvalue weighted by atomic mass is 9.43. The monoisotopic (exact) mass is 557 g/mol. The van der Waals surface area contributed by atoms with Crippen LogP contribution in [0.25, 0.3) is 0 Å². The topological polar surface area (TPSA) is 123 Å². The molecule has 0 aromatic heterocycles. The SMILES string of the molecule is C[C@@H]1C[C@H]2C3C[C@H](C)C4=CC(=O)C=C[C@]4(C)[C@@]3(F)[C@@H](O)C[C@]2(C)[C@@]1(OC(=O)OC1CCCCC1)C(=O)OCC#N. The molecule has 0 aromatic rings. The third-order valence-corrected chi connectivity index (χ3v) is 11.1. The number of hydrogen-bond acceptors (Lipinski definition) is 8. The number of allylic oxidation sites excluding steroid dienone is 4. The van der Waals surface area contributed by atoms with E-state index >= 15 is 4.39 Å². The summed E-state index contributed by atoms with van der Waals surface area (Å²) in [6.45, 7) is 6.70. The van der Waals surface area contributed by atoms with Crippen LogP contribution in [0.2, 0.25) is 0 Å². The molecule has 40 heavy (non-hydrogen) atoms. The zero-order valence-electron chi connectivity index (χ0n) is 23.8. The van der Waals surface area contributed by atoms with E-state index in [0.29, 0.717) is 31.3 Å². The summed E-state index contributed by atoms with van der Waals surface area (Å²) in [6.07, 6.45) is 6.53. The normalized spacial score (nSPS) is 44.4. The van der Waals surface area contributed by atoms with E-state index in [9.17, 15) is 19.5 Å². The van der Waals surface area contributed by atoms with Gasteiger partial charge in [-0.15, -0.1) is 0 Å². The predicted octanol–water partition coefficient (Wildman–Crippen LogP) is 5.14. The average molecular weight is 558 g/mol. The smallest absolute Gasteiger partial charge is 0.447 e. The molecule has 5 aliphatic rings. The van der Waals surface area contributed by atoms with Crippen LogP contribution >= 0.6 is 0 Å². The van der Waals surface area contributed by atoms with Gasteiger partial charge in [-0.05, 0) is 75.9 Å². The van der Waals surface area contributed by atoms with Crippen LogP contribution in [0.4, 0.5) is 9.18 Å². The van der Waals surface area contributed by atoms with Crippen LogP contribution in [-0.2, 0) is 23.8 Å². The first-order chi connectivity index (χ1) is 18.8. The Morgan fingerprint density at radius 2 is 1.85 bits per heavy atom. The molecule has 0 spiro atoms. The van der Waals surface area contributed by atoms with Gasteiger partial charge in [0, 0.05) is 22.7 Å². The van der Waals surface area contributed by atoms with Gasteiger partial charge in [-0.25, -0.2) is 14.0 Å². The van der Waals surface area contributed by atoms with Crippen LogP contribution in [0.1, 0.15) is 79.1 Å². The Morgan fingerprint density at radius 3 is 2.52 bits per heavy atom. The molecular formula is C31H40FNO7. The second kappa shape index (κ2) is 9.97. The highest BCUT2D eigenvalue weighted by atomic mass is 19.1. The van der Waals surface area contributed by atoms with Crippen LogP contribution in [0.3, 0.4) is 0 Å². The summed E-state index contributed by atoms with van der Waals surface area (Å²) in [5.74, 6) is -2.96. The lowest BCUT2D eigenvalue weighted by molar-refractivity contribution is -0.233. The second-order valence-corrected chi connectivity index (χ2v) is 13.1. The highest BCUT2D eigenvalue weighted by Crippen LogP contribution is 2.72. The highest BCUT2D eigenvalue weighted by Gasteiger charge is 2.78. The molecule has 5 aliphatic carbocycles. The Hall–Kier alpha value is -2.73. The first kappa shape index (κ1) is 28.8. The standard InChI is InChI=1S/C31H40FNO7/c1-18-14-24-23-15-19(2)31(26(36)38-13-12-33,40-27(37)39-21-8-6-5-7-9-21)29(23,4)17-25(35)30(24,32)28(3)11-10-20(34)16-22(18)28/h10-11,16,18-19,21,23-25,35H,5-9,13-15,17H2,1-4H3/t18-,19+,23-,24?,25-,28-,29-,30-,31-/m0/s1. The molecule has 1 N–H and O–H groups in total. The molecule has 0 aromatic carbocycles. The molecule has 1 unspecified atom stereocenters. The summed E-state index contributed by atoms with van der Waals surface area (Å²) in [6, 6.07) is 1.80. The maximum Gasteiger partial charge on any atom is 0.509 e. The third kappa shape index (κ3) is 3.88. The number of nitriles is 1. The summed E-state index contributed by atoms with van der Waals surface area (Å²) >= 11 is 0. The number of hydrogen-bond donors (Lipinski definition) is 1. The minimum Gasteiger partial charge on any atom is -0.447 e. The third-order valence-electron chi connectivity index (χ3n) is 11.1. The van der Waals surface area contributed by atoms with Crippen LogP contribution < -0.4 is 0 Å². The summed E-state index contributed by atoms with van der Waals surface area (Å²) in [4.78, 5) is 39.3. The van der Waals surface area contributed by atoms with Crippen molar-refractivity contribution in [1.29, 1.82) is 5.26 Å². The number of aliphatic hydroxyl groups excluding tert-OH is 1. The maximum atomic E-state index is 17.6. The molecular weight excluding hydrogens is 517 g/mol. The number of fused-ring (bicyclic) bond motifs is 5.